The highest BCUT2D eigenvalue weighted by Crippen LogP contribution is 2.51. The third-order valence-corrected chi connectivity index (χ3v) is 14.5. The van der Waals surface area contributed by atoms with Crippen molar-refractivity contribution in [2.75, 3.05) is 27.4 Å². The first kappa shape index (κ1) is 44.3. The standard InChI is InChI=1S/C53H54N5O6P/c1-35(2)58(36(3)4)65(62-31-11-30-54)64-48-32-50(57-33-47(55-56-57)45-28-18-39-17-16-37-12-10-13-38-19-29-46(45)52(39)51(37)38)63-49(48)34-61-53(40-14-8-7-9-15-40,41-20-24-43(59-5)25-21-41)42-22-26-44(60-6)27-23-42/h7-10,12-29,33,35-36,48-50H,11,31-32,34H2,1-6H3/t48-,49+,50+,65?/m0/s1. The molecule has 0 N–H and O–H groups in total. The number of benzene rings is 7. The summed E-state index contributed by atoms with van der Waals surface area (Å²) < 4.78 is 43.3. The van der Waals surface area contributed by atoms with E-state index in [-0.39, 0.29) is 31.7 Å². The van der Waals surface area contributed by atoms with E-state index in [1.54, 1.807) is 14.2 Å². The van der Waals surface area contributed by atoms with Crippen molar-refractivity contribution in [1.29, 1.82) is 5.26 Å². The molecule has 332 valence electrons. The van der Waals surface area contributed by atoms with E-state index in [0.29, 0.717) is 6.42 Å². The molecule has 12 heteroatoms. The normalized spacial score (nSPS) is 17.2. The van der Waals surface area contributed by atoms with Gasteiger partial charge in [0.1, 0.15) is 28.9 Å². The molecule has 4 atom stereocenters. The molecule has 8 aromatic rings. The van der Waals surface area contributed by atoms with Crippen molar-refractivity contribution in [3.63, 3.8) is 0 Å². The molecule has 1 unspecified atom stereocenters. The van der Waals surface area contributed by atoms with Crippen molar-refractivity contribution in [3.8, 4) is 28.8 Å². The SMILES string of the molecule is COc1ccc(C(OC[C@H]2O[C@@H](n3cc(-c4ccc5ccc6cccc7ccc4c5c67)nn3)C[C@@H]2OP(OCCC#N)N(C(C)C)C(C)C)(c2ccccc2)c2ccc(OC)cc2)cc1. The molecule has 65 heavy (non-hydrogen) atoms. The van der Waals surface area contributed by atoms with Crippen LogP contribution in [0.25, 0.3) is 43.6 Å². The summed E-state index contributed by atoms with van der Waals surface area (Å²) >= 11 is 0. The average Bonchev–Trinajstić information content (AvgIpc) is 3.99. The summed E-state index contributed by atoms with van der Waals surface area (Å²) in [5, 5.41) is 26.2. The molecule has 11 nitrogen and oxygen atoms in total. The fourth-order valence-electron chi connectivity index (χ4n) is 9.31. The highest BCUT2D eigenvalue weighted by atomic mass is 31.2. The first-order valence-electron chi connectivity index (χ1n) is 22.2. The molecule has 0 spiro atoms. The van der Waals surface area contributed by atoms with E-state index in [0.717, 1.165) is 44.8 Å². The minimum Gasteiger partial charge on any atom is -0.497 e. The molecule has 7 aromatic carbocycles. The zero-order valence-electron chi connectivity index (χ0n) is 37.6. The molecule has 0 amide bonds. The van der Waals surface area contributed by atoms with E-state index in [1.165, 1.54) is 26.9 Å². The lowest BCUT2D eigenvalue weighted by Crippen LogP contribution is -2.39. The number of ether oxygens (including phenoxy) is 4. The van der Waals surface area contributed by atoms with Crippen LogP contribution in [0.5, 0.6) is 11.5 Å². The summed E-state index contributed by atoms with van der Waals surface area (Å²) in [6, 6.07) is 48.2. The number of aromatic nitrogens is 3. The third-order valence-electron chi connectivity index (χ3n) is 12.3. The van der Waals surface area contributed by atoms with Gasteiger partial charge in [0.05, 0.1) is 52.2 Å². The Morgan fingerprint density at radius 2 is 1.35 bits per heavy atom. The fourth-order valence-corrected chi connectivity index (χ4v) is 11.1. The van der Waals surface area contributed by atoms with Gasteiger partial charge in [0.15, 0.2) is 6.23 Å². The number of methoxy groups -OCH3 is 2. The topological polar surface area (TPSA) is 113 Å². The smallest absolute Gasteiger partial charge is 0.259 e. The third kappa shape index (κ3) is 8.66. The molecule has 1 fully saturated rings. The molecule has 0 radical (unpaired) electrons. The first-order valence-corrected chi connectivity index (χ1v) is 23.3. The first-order chi connectivity index (χ1) is 31.7. The Labute approximate surface area is 381 Å². The largest absolute Gasteiger partial charge is 0.497 e. The van der Waals surface area contributed by atoms with Crippen LogP contribution in [-0.4, -0.2) is 71.4 Å². The Morgan fingerprint density at radius 1 is 0.754 bits per heavy atom. The number of hydrogen-bond acceptors (Lipinski definition) is 10. The molecular weight excluding hydrogens is 834 g/mol. The van der Waals surface area contributed by atoms with Gasteiger partial charge >= 0.3 is 0 Å². The predicted octanol–water partition coefficient (Wildman–Crippen LogP) is 11.8. The summed E-state index contributed by atoms with van der Waals surface area (Å²) in [5.41, 5.74) is 3.41. The lowest BCUT2D eigenvalue weighted by molar-refractivity contribution is -0.0941. The summed E-state index contributed by atoms with van der Waals surface area (Å²) in [5.74, 6) is 1.47. The van der Waals surface area contributed by atoms with Crippen LogP contribution in [-0.2, 0) is 24.1 Å². The van der Waals surface area contributed by atoms with E-state index in [1.807, 2.05) is 77.6 Å². The maximum atomic E-state index is 9.48. The minimum atomic E-state index is -1.62. The summed E-state index contributed by atoms with van der Waals surface area (Å²) in [6.45, 7) is 8.91. The average molecular weight is 888 g/mol. The van der Waals surface area contributed by atoms with Gasteiger partial charge in [-0.25, -0.2) is 9.35 Å². The van der Waals surface area contributed by atoms with Gasteiger partial charge in [-0.2, -0.15) is 5.26 Å². The summed E-state index contributed by atoms with van der Waals surface area (Å²) in [7, 11) is 1.70. The maximum absolute atomic E-state index is 9.48. The molecule has 1 saturated heterocycles. The molecule has 0 saturated carbocycles. The Bertz CT molecular complexity index is 2810. The Morgan fingerprint density at radius 3 is 1.97 bits per heavy atom. The number of nitriles is 1. The van der Waals surface area contributed by atoms with Gasteiger partial charge < -0.3 is 28.0 Å². The van der Waals surface area contributed by atoms with Crippen molar-refractivity contribution in [2.45, 2.75) is 76.7 Å². The van der Waals surface area contributed by atoms with E-state index < -0.39 is 32.6 Å². The highest BCUT2D eigenvalue weighted by Gasteiger charge is 2.45. The zero-order valence-corrected chi connectivity index (χ0v) is 38.5. The van der Waals surface area contributed by atoms with Crippen LogP contribution < -0.4 is 9.47 Å². The summed E-state index contributed by atoms with van der Waals surface area (Å²) in [6.07, 6.45) is 1.06. The van der Waals surface area contributed by atoms with Gasteiger partial charge in [0, 0.05) is 24.1 Å². The molecule has 0 bridgehead atoms. The lowest BCUT2D eigenvalue weighted by Gasteiger charge is -2.39. The molecule has 9 rings (SSSR count). The van der Waals surface area contributed by atoms with Gasteiger partial charge in [-0.15, -0.1) is 5.10 Å². The lowest BCUT2D eigenvalue weighted by atomic mass is 9.80. The van der Waals surface area contributed by atoms with Crippen LogP contribution in [0.1, 0.15) is 63.5 Å². The molecule has 2 heterocycles. The van der Waals surface area contributed by atoms with Crippen LogP contribution in [0.4, 0.5) is 0 Å². The molecule has 1 aliphatic heterocycles. The van der Waals surface area contributed by atoms with Gasteiger partial charge in [0.2, 0.25) is 0 Å². The zero-order chi connectivity index (χ0) is 45.1. The van der Waals surface area contributed by atoms with Crippen molar-refractivity contribution in [1.82, 2.24) is 19.7 Å². The van der Waals surface area contributed by atoms with Crippen molar-refractivity contribution >= 4 is 40.8 Å². The second-order valence-electron chi connectivity index (χ2n) is 16.9. The van der Waals surface area contributed by atoms with E-state index in [2.05, 4.69) is 105 Å². The molecule has 1 aromatic heterocycles. The van der Waals surface area contributed by atoms with E-state index >= 15 is 0 Å². The van der Waals surface area contributed by atoms with Crippen molar-refractivity contribution in [3.05, 3.63) is 156 Å². The van der Waals surface area contributed by atoms with Crippen LogP contribution >= 0.6 is 8.53 Å². The highest BCUT2D eigenvalue weighted by molar-refractivity contribution is 7.44. The van der Waals surface area contributed by atoms with Gasteiger partial charge in [-0.05, 0) is 101 Å². The second-order valence-corrected chi connectivity index (χ2v) is 18.3. The maximum Gasteiger partial charge on any atom is 0.259 e. The van der Waals surface area contributed by atoms with E-state index in [9.17, 15) is 5.26 Å². The Balaban J connectivity index is 1.10. The van der Waals surface area contributed by atoms with E-state index in [4.69, 9.17) is 38.3 Å². The number of rotatable bonds is 18. The predicted molar refractivity (Wildman–Crippen MR) is 256 cm³/mol. The van der Waals surface area contributed by atoms with Gasteiger partial charge in [-0.3, -0.25) is 0 Å². The monoisotopic (exact) mass is 887 g/mol. The number of hydrogen-bond donors (Lipinski definition) is 0. The second kappa shape index (κ2) is 19.3. The number of nitrogens with zero attached hydrogens (tertiary/aromatic N) is 5. The molecule has 1 aliphatic rings. The Kier molecular flexibility index (Phi) is 13.1. The van der Waals surface area contributed by atoms with Gasteiger partial charge in [-0.1, -0.05) is 114 Å². The minimum absolute atomic E-state index is 0.106. The van der Waals surface area contributed by atoms with Crippen molar-refractivity contribution in [2.24, 2.45) is 0 Å². The molecular formula is C53H54N5O6P. The van der Waals surface area contributed by atoms with Crippen LogP contribution in [0.3, 0.4) is 0 Å². The van der Waals surface area contributed by atoms with Gasteiger partial charge in [0.25, 0.3) is 8.53 Å². The van der Waals surface area contributed by atoms with Crippen LogP contribution in [0, 0.1) is 11.3 Å². The van der Waals surface area contributed by atoms with Crippen LogP contribution in [0.15, 0.2) is 140 Å². The quantitative estimate of drug-likeness (QED) is 0.0357. The fraction of sp³-hybridized carbons (Fsp3) is 0.302. The Hall–Kier alpha value is -5.96. The molecule has 0 aliphatic carbocycles. The van der Waals surface area contributed by atoms with Crippen LogP contribution in [0.2, 0.25) is 0 Å². The van der Waals surface area contributed by atoms with Crippen molar-refractivity contribution < 1.29 is 28.0 Å². The summed E-state index contributed by atoms with van der Waals surface area (Å²) in [4.78, 5) is 0.